The molecule has 4 N–H and O–H groups in total. The number of phenolic OH excluding ortho intramolecular Hbond substituents is 1. The molecular weight excluding hydrogens is 502 g/mol. The number of hydrogen-bond donors (Lipinski definition) is 3. The third-order valence-electron chi connectivity index (χ3n) is 6.84. The highest BCUT2D eigenvalue weighted by atomic mass is 16.3. The van der Waals surface area contributed by atoms with Crippen molar-refractivity contribution < 1.29 is 14.7 Å². The van der Waals surface area contributed by atoms with Crippen LogP contribution < -0.4 is 11.1 Å². The molecule has 2 aromatic heterocycles. The Labute approximate surface area is 235 Å². The molecule has 40 heavy (non-hydrogen) atoms. The van der Waals surface area contributed by atoms with Crippen molar-refractivity contribution in [3.8, 4) is 22.8 Å². The molecule has 2 heterocycles. The van der Waals surface area contributed by atoms with Crippen molar-refractivity contribution in [3.63, 3.8) is 0 Å². The van der Waals surface area contributed by atoms with Gasteiger partial charge in [-0.1, -0.05) is 57.5 Å². The summed E-state index contributed by atoms with van der Waals surface area (Å²) in [6.07, 6.45) is 5.23. The quantitative estimate of drug-likeness (QED) is 0.221. The highest BCUT2D eigenvalue weighted by Crippen LogP contribution is 2.26. The van der Waals surface area contributed by atoms with E-state index in [0.717, 1.165) is 42.0 Å². The van der Waals surface area contributed by atoms with E-state index in [0.29, 0.717) is 12.0 Å². The van der Waals surface area contributed by atoms with Gasteiger partial charge in [0.1, 0.15) is 17.5 Å². The molecule has 0 saturated carbocycles. The maximum atomic E-state index is 12.5. The zero-order chi connectivity index (χ0) is 28.7. The highest BCUT2D eigenvalue weighted by molar-refractivity contribution is 5.87. The summed E-state index contributed by atoms with van der Waals surface area (Å²) in [6, 6.07) is 21.5. The van der Waals surface area contributed by atoms with Crippen LogP contribution in [0.5, 0.6) is 5.75 Å². The molecule has 0 aliphatic heterocycles. The lowest BCUT2D eigenvalue weighted by Gasteiger charge is -2.19. The number of phenols is 1. The fraction of sp³-hybridized carbons (Fsp3) is 0.312. The predicted octanol–water partition coefficient (Wildman–Crippen LogP) is 5.38. The number of carbonyl (C=O) groups is 2. The lowest BCUT2D eigenvalue weighted by Crippen LogP contribution is -2.37. The van der Waals surface area contributed by atoms with Gasteiger partial charge in [-0.2, -0.15) is 5.10 Å². The first-order valence-electron chi connectivity index (χ1n) is 13.6. The number of unbranched alkanes of at least 4 members (excludes halogenated alkanes) is 2. The Morgan fingerprint density at radius 2 is 1.68 bits per heavy atom. The highest BCUT2D eigenvalue weighted by Gasteiger charge is 2.20. The number of benzene rings is 2. The van der Waals surface area contributed by atoms with Crippen molar-refractivity contribution in [2.75, 3.05) is 0 Å². The second-order valence-electron chi connectivity index (χ2n) is 11.0. The fourth-order valence-corrected chi connectivity index (χ4v) is 4.55. The van der Waals surface area contributed by atoms with Gasteiger partial charge >= 0.3 is 0 Å². The van der Waals surface area contributed by atoms with Crippen molar-refractivity contribution in [2.45, 2.75) is 64.3 Å². The average molecular weight is 540 g/mol. The summed E-state index contributed by atoms with van der Waals surface area (Å²) < 4.78 is 1.98. The number of carbonyl (C=O) groups excluding carboxylic acids is 2. The van der Waals surface area contributed by atoms with Gasteiger partial charge in [0, 0.05) is 18.3 Å². The lowest BCUT2D eigenvalue weighted by molar-refractivity contribution is -0.127. The first-order chi connectivity index (χ1) is 19.1. The van der Waals surface area contributed by atoms with E-state index in [4.69, 9.17) is 10.8 Å². The van der Waals surface area contributed by atoms with Gasteiger partial charge in [-0.05, 0) is 78.3 Å². The SMILES string of the molecule is CC(C)(C)c1ccc(-n2nc(-c3ccccn3)cc2CCCCCC(=O)NC(C(N)=O)c2ccc(O)cc2)cc1. The molecule has 2 amide bonds. The molecule has 8 heteroatoms. The second-order valence-corrected chi connectivity index (χ2v) is 11.0. The van der Waals surface area contributed by atoms with Gasteiger partial charge in [0.25, 0.3) is 0 Å². The number of amides is 2. The standard InChI is InChI=1S/C32H37N5O3/c1-32(2,3)23-14-16-24(17-15-23)37-25(21-28(36-37)27-10-7-8-20-34-27)9-5-4-6-11-29(39)35-30(31(33)40)22-12-18-26(38)19-13-22/h7-8,10,12-21,30,38H,4-6,9,11H2,1-3H3,(H2,33,40)(H,35,39). The molecule has 0 radical (unpaired) electrons. The summed E-state index contributed by atoms with van der Waals surface area (Å²) in [4.78, 5) is 28.9. The number of pyridine rings is 1. The minimum atomic E-state index is -0.933. The van der Waals surface area contributed by atoms with Crippen molar-refractivity contribution in [3.05, 3.63) is 95.8 Å². The third kappa shape index (κ3) is 7.34. The average Bonchev–Trinajstić information content (AvgIpc) is 3.36. The lowest BCUT2D eigenvalue weighted by atomic mass is 9.87. The van der Waals surface area contributed by atoms with E-state index in [1.807, 2.05) is 22.9 Å². The van der Waals surface area contributed by atoms with Crippen molar-refractivity contribution in [1.82, 2.24) is 20.1 Å². The molecule has 0 aliphatic carbocycles. The van der Waals surface area contributed by atoms with E-state index in [9.17, 15) is 14.7 Å². The molecule has 0 spiro atoms. The van der Waals surface area contributed by atoms with Gasteiger partial charge in [-0.3, -0.25) is 14.6 Å². The van der Waals surface area contributed by atoms with Gasteiger partial charge in [-0.15, -0.1) is 0 Å². The van der Waals surface area contributed by atoms with E-state index < -0.39 is 11.9 Å². The molecule has 4 rings (SSSR count). The van der Waals surface area contributed by atoms with Crippen LogP contribution in [0.2, 0.25) is 0 Å². The van der Waals surface area contributed by atoms with Crippen LogP contribution in [0.1, 0.15) is 69.3 Å². The van der Waals surface area contributed by atoms with Crippen LogP contribution in [-0.2, 0) is 21.4 Å². The Bertz CT molecular complexity index is 1420. The van der Waals surface area contributed by atoms with Crippen LogP contribution in [0.3, 0.4) is 0 Å². The van der Waals surface area contributed by atoms with Crippen LogP contribution >= 0.6 is 0 Å². The van der Waals surface area contributed by atoms with Gasteiger partial charge in [0.05, 0.1) is 11.4 Å². The molecule has 208 valence electrons. The normalized spacial score (nSPS) is 12.2. The topological polar surface area (TPSA) is 123 Å². The molecule has 2 aromatic carbocycles. The number of nitrogens with one attached hydrogen (secondary N) is 1. The number of primary amides is 1. The Morgan fingerprint density at radius 3 is 2.30 bits per heavy atom. The number of aromatic nitrogens is 3. The largest absolute Gasteiger partial charge is 0.508 e. The van der Waals surface area contributed by atoms with Crippen LogP contribution in [0.4, 0.5) is 0 Å². The fourth-order valence-electron chi connectivity index (χ4n) is 4.55. The Kier molecular flexibility index (Phi) is 8.99. The first-order valence-corrected chi connectivity index (χ1v) is 13.6. The molecule has 8 nitrogen and oxygen atoms in total. The minimum Gasteiger partial charge on any atom is -0.508 e. The molecule has 0 saturated heterocycles. The molecular formula is C32H37N5O3. The van der Waals surface area contributed by atoms with Gasteiger partial charge in [0.2, 0.25) is 11.8 Å². The summed E-state index contributed by atoms with van der Waals surface area (Å²) in [5.41, 5.74) is 11.1. The van der Waals surface area contributed by atoms with Crippen LogP contribution in [0.15, 0.2) is 79.0 Å². The molecule has 0 fully saturated rings. The third-order valence-corrected chi connectivity index (χ3v) is 6.84. The monoisotopic (exact) mass is 539 g/mol. The Balaban J connectivity index is 1.38. The van der Waals surface area contributed by atoms with Crippen LogP contribution in [-0.4, -0.2) is 31.7 Å². The van der Waals surface area contributed by atoms with Gasteiger partial charge in [-0.25, -0.2) is 4.68 Å². The van der Waals surface area contributed by atoms with Gasteiger partial charge in [0.15, 0.2) is 0 Å². The Morgan fingerprint density at radius 1 is 0.950 bits per heavy atom. The number of aromatic hydroxyl groups is 1. The van der Waals surface area contributed by atoms with E-state index in [1.54, 1.807) is 18.3 Å². The first kappa shape index (κ1) is 28.5. The second kappa shape index (κ2) is 12.6. The van der Waals surface area contributed by atoms with Gasteiger partial charge < -0.3 is 16.2 Å². The summed E-state index contributed by atoms with van der Waals surface area (Å²) in [7, 11) is 0. The summed E-state index contributed by atoms with van der Waals surface area (Å²) >= 11 is 0. The van der Waals surface area contributed by atoms with Crippen molar-refractivity contribution in [2.24, 2.45) is 5.73 Å². The van der Waals surface area contributed by atoms with E-state index in [2.05, 4.69) is 61.4 Å². The molecule has 0 bridgehead atoms. The maximum Gasteiger partial charge on any atom is 0.244 e. The smallest absolute Gasteiger partial charge is 0.244 e. The zero-order valence-electron chi connectivity index (χ0n) is 23.3. The predicted molar refractivity (Wildman–Crippen MR) is 156 cm³/mol. The van der Waals surface area contributed by atoms with Crippen LogP contribution in [0, 0.1) is 0 Å². The minimum absolute atomic E-state index is 0.0679. The van der Waals surface area contributed by atoms with Crippen molar-refractivity contribution in [1.29, 1.82) is 0 Å². The summed E-state index contributed by atoms with van der Waals surface area (Å²) in [5, 5.41) is 17.1. The Hall–Kier alpha value is -4.46. The maximum absolute atomic E-state index is 12.5. The van der Waals surface area contributed by atoms with E-state index >= 15 is 0 Å². The van der Waals surface area contributed by atoms with E-state index in [1.165, 1.54) is 17.7 Å². The number of rotatable bonds is 11. The number of nitrogens with two attached hydrogens (primary N) is 1. The van der Waals surface area contributed by atoms with E-state index in [-0.39, 0.29) is 23.5 Å². The number of nitrogens with zero attached hydrogens (tertiary/aromatic N) is 3. The number of hydrogen-bond acceptors (Lipinski definition) is 5. The summed E-state index contributed by atoms with van der Waals surface area (Å²) in [6.45, 7) is 6.59. The zero-order valence-corrected chi connectivity index (χ0v) is 23.3. The van der Waals surface area contributed by atoms with Crippen molar-refractivity contribution >= 4 is 11.8 Å². The molecule has 1 atom stereocenters. The molecule has 0 aliphatic rings. The molecule has 1 unspecified atom stereocenters. The number of aryl methyl sites for hydroxylation is 1. The molecule has 4 aromatic rings. The van der Waals surface area contributed by atoms with Crippen LogP contribution in [0.25, 0.3) is 17.1 Å². The summed E-state index contributed by atoms with van der Waals surface area (Å²) in [5.74, 6) is -0.807.